The molecule has 14 heavy (non-hydrogen) atoms. The molecule has 0 heterocycles. The molecule has 0 aromatic carbocycles. The van der Waals surface area contributed by atoms with Gasteiger partial charge in [-0.1, -0.05) is 13.8 Å². The Hall–Kier alpha value is 0.270. The second-order valence-electron chi connectivity index (χ2n) is 4.22. The minimum absolute atomic E-state index is 0.602. The summed E-state index contributed by atoms with van der Waals surface area (Å²) in [6, 6.07) is 1.31. The topological polar surface area (TPSA) is 15.3 Å². The van der Waals surface area contributed by atoms with Crippen molar-refractivity contribution in [3.05, 3.63) is 0 Å². The van der Waals surface area contributed by atoms with Gasteiger partial charge in [-0.25, -0.2) is 0 Å². The lowest BCUT2D eigenvalue weighted by molar-refractivity contribution is 0.251. The zero-order valence-electron chi connectivity index (χ0n) is 10.3. The van der Waals surface area contributed by atoms with Gasteiger partial charge in [0, 0.05) is 25.2 Å². The lowest BCUT2D eigenvalue weighted by Crippen LogP contribution is -2.37. The van der Waals surface area contributed by atoms with Crippen LogP contribution in [0.1, 0.15) is 27.2 Å². The molecule has 0 saturated carbocycles. The zero-order valence-corrected chi connectivity index (χ0v) is 11.2. The van der Waals surface area contributed by atoms with E-state index >= 15 is 0 Å². The largest absolute Gasteiger partial charge is 0.313 e. The first-order chi connectivity index (χ1) is 6.57. The summed E-state index contributed by atoms with van der Waals surface area (Å²) in [6.07, 6.45) is 3.46. The van der Waals surface area contributed by atoms with Gasteiger partial charge in [0.15, 0.2) is 0 Å². The van der Waals surface area contributed by atoms with E-state index in [1.807, 2.05) is 11.8 Å². The molecule has 0 aliphatic carbocycles. The minimum atomic E-state index is 0.602. The molecule has 0 aromatic heterocycles. The van der Waals surface area contributed by atoms with Gasteiger partial charge in [0.25, 0.3) is 0 Å². The van der Waals surface area contributed by atoms with Gasteiger partial charge in [0.05, 0.1) is 0 Å². The standard InChI is InChI=1S/C11H26N2S/c1-10(2)12-7-8-13(4)11(3)6-9-14-5/h10-12H,6-9H2,1-5H3. The molecule has 86 valence electrons. The summed E-state index contributed by atoms with van der Waals surface area (Å²) in [4.78, 5) is 2.44. The summed E-state index contributed by atoms with van der Waals surface area (Å²) >= 11 is 1.93. The van der Waals surface area contributed by atoms with Crippen molar-refractivity contribution in [1.29, 1.82) is 0 Å². The molecule has 0 saturated heterocycles. The Kier molecular flexibility index (Phi) is 8.73. The van der Waals surface area contributed by atoms with Crippen LogP contribution in [0.4, 0.5) is 0 Å². The van der Waals surface area contributed by atoms with Crippen LogP contribution < -0.4 is 5.32 Å². The fraction of sp³-hybridized carbons (Fsp3) is 1.00. The molecule has 0 bridgehead atoms. The van der Waals surface area contributed by atoms with E-state index in [4.69, 9.17) is 0 Å². The number of hydrogen-bond acceptors (Lipinski definition) is 3. The molecule has 0 amide bonds. The van der Waals surface area contributed by atoms with E-state index in [1.54, 1.807) is 0 Å². The Morgan fingerprint density at radius 1 is 1.29 bits per heavy atom. The van der Waals surface area contributed by atoms with Gasteiger partial charge in [-0.2, -0.15) is 11.8 Å². The summed E-state index contributed by atoms with van der Waals surface area (Å²) in [6.45, 7) is 8.94. The zero-order chi connectivity index (χ0) is 11.0. The smallest absolute Gasteiger partial charge is 0.0107 e. The number of nitrogens with zero attached hydrogens (tertiary/aromatic N) is 1. The van der Waals surface area contributed by atoms with Gasteiger partial charge in [0.1, 0.15) is 0 Å². The number of hydrogen-bond donors (Lipinski definition) is 1. The Balaban J connectivity index is 3.46. The lowest BCUT2D eigenvalue weighted by atomic mass is 10.2. The molecule has 0 aromatic rings. The molecule has 1 unspecified atom stereocenters. The van der Waals surface area contributed by atoms with Crippen molar-refractivity contribution in [2.45, 2.75) is 39.3 Å². The van der Waals surface area contributed by atoms with Crippen LogP contribution in [0.3, 0.4) is 0 Å². The van der Waals surface area contributed by atoms with E-state index in [-0.39, 0.29) is 0 Å². The Labute approximate surface area is 93.8 Å². The average molecular weight is 218 g/mol. The monoisotopic (exact) mass is 218 g/mol. The molecule has 0 radical (unpaired) electrons. The van der Waals surface area contributed by atoms with Crippen molar-refractivity contribution in [1.82, 2.24) is 10.2 Å². The second-order valence-corrected chi connectivity index (χ2v) is 5.21. The third kappa shape index (κ3) is 7.65. The van der Waals surface area contributed by atoms with Crippen molar-refractivity contribution in [3.63, 3.8) is 0 Å². The predicted molar refractivity (Wildman–Crippen MR) is 68.2 cm³/mol. The van der Waals surface area contributed by atoms with E-state index in [9.17, 15) is 0 Å². The molecule has 1 atom stereocenters. The summed E-state index contributed by atoms with van der Waals surface area (Å²) in [5.74, 6) is 1.27. The van der Waals surface area contributed by atoms with Crippen molar-refractivity contribution in [2.75, 3.05) is 32.1 Å². The molecule has 1 N–H and O–H groups in total. The molecule has 2 nitrogen and oxygen atoms in total. The lowest BCUT2D eigenvalue weighted by Gasteiger charge is -2.25. The maximum Gasteiger partial charge on any atom is 0.0107 e. The maximum absolute atomic E-state index is 3.44. The van der Waals surface area contributed by atoms with Gasteiger partial charge >= 0.3 is 0 Å². The number of nitrogens with one attached hydrogen (secondary N) is 1. The molecule has 3 heteroatoms. The van der Waals surface area contributed by atoms with Crippen LogP contribution in [-0.2, 0) is 0 Å². The minimum Gasteiger partial charge on any atom is -0.313 e. The van der Waals surface area contributed by atoms with Crippen LogP contribution in [0.25, 0.3) is 0 Å². The highest BCUT2D eigenvalue weighted by atomic mass is 32.2. The van der Waals surface area contributed by atoms with Gasteiger partial charge in [0.2, 0.25) is 0 Å². The Morgan fingerprint density at radius 2 is 1.93 bits per heavy atom. The first kappa shape index (κ1) is 14.3. The average Bonchev–Trinajstić information content (AvgIpc) is 2.13. The van der Waals surface area contributed by atoms with E-state index in [1.165, 1.54) is 12.2 Å². The Morgan fingerprint density at radius 3 is 2.43 bits per heavy atom. The molecular weight excluding hydrogens is 192 g/mol. The molecule has 0 spiro atoms. The van der Waals surface area contributed by atoms with Gasteiger partial charge in [-0.05, 0) is 32.4 Å². The van der Waals surface area contributed by atoms with E-state index in [2.05, 4.69) is 44.3 Å². The maximum atomic E-state index is 3.44. The van der Waals surface area contributed by atoms with Crippen LogP contribution >= 0.6 is 11.8 Å². The van der Waals surface area contributed by atoms with Crippen LogP contribution in [0.2, 0.25) is 0 Å². The fourth-order valence-electron chi connectivity index (χ4n) is 1.26. The summed E-state index contributed by atoms with van der Waals surface area (Å²) in [7, 11) is 2.22. The first-order valence-electron chi connectivity index (χ1n) is 5.50. The van der Waals surface area contributed by atoms with E-state index in [0.717, 1.165) is 13.1 Å². The molecule has 0 aliphatic heterocycles. The number of rotatable bonds is 8. The van der Waals surface area contributed by atoms with Gasteiger partial charge < -0.3 is 10.2 Å². The molecule has 0 rings (SSSR count). The highest BCUT2D eigenvalue weighted by Crippen LogP contribution is 2.05. The van der Waals surface area contributed by atoms with Crippen molar-refractivity contribution in [2.24, 2.45) is 0 Å². The summed E-state index contributed by atoms with van der Waals surface area (Å²) in [5, 5.41) is 3.44. The van der Waals surface area contributed by atoms with Crippen LogP contribution in [0.5, 0.6) is 0 Å². The highest BCUT2D eigenvalue weighted by molar-refractivity contribution is 7.98. The molecular formula is C11H26N2S. The third-order valence-electron chi connectivity index (χ3n) is 2.51. The van der Waals surface area contributed by atoms with Crippen molar-refractivity contribution >= 4 is 11.8 Å². The van der Waals surface area contributed by atoms with Crippen LogP contribution in [-0.4, -0.2) is 49.1 Å². The first-order valence-corrected chi connectivity index (χ1v) is 6.89. The van der Waals surface area contributed by atoms with E-state index < -0.39 is 0 Å². The van der Waals surface area contributed by atoms with Crippen molar-refractivity contribution < 1.29 is 0 Å². The third-order valence-corrected chi connectivity index (χ3v) is 3.15. The molecule has 0 aliphatic rings. The summed E-state index contributed by atoms with van der Waals surface area (Å²) in [5.41, 5.74) is 0. The number of thioether (sulfide) groups is 1. The van der Waals surface area contributed by atoms with Crippen molar-refractivity contribution in [3.8, 4) is 0 Å². The Bertz CT molecular complexity index is 128. The van der Waals surface area contributed by atoms with Crippen LogP contribution in [0, 0.1) is 0 Å². The summed E-state index contributed by atoms with van der Waals surface area (Å²) < 4.78 is 0. The van der Waals surface area contributed by atoms with E-state index in [0.29, 0.717) is 12.1 Å². The van der Waals surface area contributed by atoms with Gasteiger partial charge in [-0.15, -0.1) is 0 Å². The highest BCUT2D eigenvalue weighted by Gasteiger charge is 2.07. The SMILES string of the molecule is CSCCC(C)N(C)CCNC(C)C. The number of likely N-dealkylation sites (N-methyl/N-ethyl adjacent to an activating group) is 1. The second kappa shape index (κ2) is 8.57. The molecule has 0 fully saturated rings. The predicted octanol–water partition coefficient (Wildman–Crippen LogP) is 2.06. The van der Waals surface area contributed by atoms with Crippen LogP contribution in [0.15, 0.2) is 0 Å². The quantitative estimate of drug-likeness (QED) is 0.671. The normalized spacial score (nSPS) is 13.9. The fourth-order valence-corrected chi connectivity index (χ4v) is 1.84. The van der Waals surface area contributed by atoms with Gasteiger partial charge in [-0.3, -0.25) is 0 Å².